The fourth-order valence-corrected chi connectivity index (χ4v) is 4.96. The Labute approximate surface area is 230 Å². The highest BCUT2D eigenvalue weighted by molar-refractivity contribution is 6.03. The van der Waals surface area contributed by atoms with E-state index in [0.717, 1.165) is 16.9 Å². The molecule has 0 aliphatic heterocycles. The number of hydrogen-bond donors (Lipinski definition) is 0. The standard InChI is InChI=1S/C38H29N/c1-5-15-30(16-6-1)25-26-33-27-28-38(36-24-14-13-23-35(33)36)39(34-21-11-4-12-22-34)29-37(31-17-7-2-8-18-31)32-19-9-3-10-20-32/h1-29H/b26-25+. The summed E-state index contributed by atoms with van der Waals surface area (Å²) in [6, 6.07) is 55.4. The number of benzene rings is 6. The topological polar surface area (TPSA) is 3.24 Å². The van der Waals surface area contributed by atoms with E-state index in [0.29, 0.717) is 0 Å². The molecule has 1 nitrogen and oxygen atoms in total. The Morgan fingerprint density at radius 3 is 1.56 bits per heavy atom. The van der Waals surface area contributed by atoms with Crippen molar-refractivity contribution < 1.29 is 0 Å². The predicted molar refractivity (Wildman–Crippen MR) is 168 cm³/mol. The van der Waals surface area contributed by atoms with E-state index in [1.807, 2.05) is 6.07 Å². The molecule has 0 amide bonds. The van der Waals surface area contributed by atoms with Gasteiger partial charge in [-0.25, -0.2) is 0 Å². The van der Waals surface area contributed by atoms with E-state index in [-0.39, 0.29) is 0 Å². The van der Waals surface area contributed by atoms with E-state index >= 15 is 0 Å². The van der Waals surface area contributed by atoms with Gasteiger partial charge in [-0.3, -0.25) is 0 Å². The van der Waals surface area contributed by atoms with Crippen LogP contribution in [0.25, 0.3) is 28.5 Å². The first-order valence-electron chi connectivity index (χ1n) is 13.3. The molecule has 6 aromatic carbocycles. The Bertz CT molecular complexity index is 1680. The van der Waals surface area contributed by atoms with Crippen molar-refractivity contribution in [1.82, 2.24) is 0 Å². The lowest BCUT2D eigenvalue weighted by Crippen LogP contribution is -2.11. The highest BCUT2D eigenvalue weighted by atomic mass is 15.1. The van der Waals surface area contributed by atoms with Crippen molar-refractivity contribution in [3.05, 3.63) is 186 Å². The highest BCUT2D eigenvalue weighted by Gasteiger charge is 2.15. The Kier molecular flexibility index (Phi) is 7.14. The number of rotatable bonds is 7. The lowest BCUT2D eigenvalue weighted by Gasteiger charge is -2.25. The van der Waals surface area contributed by atoms with E-state index in [9.17, 15) is 0 Å². The summed E-state index contributed by atoms with van der Waals surface area (Å²) in [7, 11) is 0. The van der Waals surface area contributed by atoms with Crippen LogP contribution >= 0.6 is 0 Å². The van der Waals surface area contributed by atoms with Crippen molar-refractivity contribution in [2.45, 2.75) is 0 Å². The third-order valence-corrected chi connectivity index (χ3v) is 6.91. The lowest BCUT2D eigenvalue weighted by atomic mass is 9.97. The second-order valence-corrected chi connectivity index (χ2v) is 9.44. The molecule has 0 saturated carbocycles. The maximum absolute atomic E-state index is 2.32. The molecule has 6 rings (SSSR count). The van der Waals surface area contributed by atoms with E-state index in [4.69, 9.17) is 0 Å². The van der Waals surface area contributed by atoms with Crippen LogP contribution in [0, 0.1) is 0 Å². The maximum Gasteiger partial charge on any atom is 0.0534 e. The SMILES string of the molecule is C(=C(c1ccccc1)c1ccccc1)N(c1ccccc1)c1ccc(/C=C/c2ccccc2)c2ccccc12. The molecular formula is C38H29N. The van der Waals surface area contributed by atoms with Crippen LogP contribution in [0.2, 0.25) is 0 Å². The molecule has 0 atom stereocenters. The van der Waals surface area contributed by atoms with E-state index in [2.05, 4.69) is 175 Å². The van der Waals surface area contributed by atoms with Crippen LogP contribution in [-0.2, 0) is 0 Å². The van der Waals surface area contributed by atoms with Crippen molar-refractivity contribution >= 4 is 39.9 Å². The number of hydrogen-bond acceptors (Lipinski definition) is 1. The van der Waals surface area contributed by atoms with Gasteiger partial charge in [-0.2, -0.15) is 0 Å². The fourth-order valence-electron chi connectivity index (χ4n) is 4.96. The van der Waals surface area contributed by atoms with Gasteiger partial charge in [0.1, 0.15) is 0 Å². The van der Waals surface area contributed by atoms with Crippen molar-refractivity contribution in [2.75, 3.05) is 4.90 Å². The minimum atomic E-state index is 1.11. The summed E-state index contributed by atoms with van der Waals surface area (Å²) in [5, 5.41) is 2.42. The zero-order chi connectivity index (χ0) is 26.3. The first-order chi connectivity index (χ1) is 19.4. The number of para-hydroxylation sites is 1. The quantitative estimate of drug-likeness (QED) is 0.197. The van der Waals surface area contributed by atoms with Gasteiger partial charge in [0.15, 0.2) is 0 Å². The molecule has 39 heavy (non-hydrogen) atoms. The van der Waals surface area contributed by atoms with Gasteiger partial charge >= 0.3 is 0 Å². The van der Waals surface area contributed by atoms with Crippen molar-refractivity contribution in [3.8, 4) is 0 Å². The predicted octanol–water partition coefficient (Wildman–Crippen LogP) is 10.2. The molecule has 1 heteroatoms. The average Bonchev–Trinajstić information content (AvgIpc) is 3.02. The third kappa shape index (κ3) is 5.44. The van der Waals surface area contributed by atoms with Crippen LogP contribution in [0.4, 0.5) is 11.4 Å². The van der Waals surface area contributed by atoms with Gasteiger partial charge in [-0.15, -0.1) is 0 Å². The molecule has 0 aliphatic rings. The number of nitrogens with zero attached hydrogens (tertiary/aromatic N) is 1. The largest absolute Gasteiger partial charge is 0.316 e. The minimum absolute atomic E-state index is 1.11. The summed E-state index contributed by atoms with van der Waals surface area (Å²) < 4.78 is 0. The number of fused-ring (bicyclic) bond motifs is 1. The normalized spacial score (nSPS) is 11.0. The van der Waals surface area contributed by atoms with Crippen LogP contribution in [0.3, 0.4) is 0 Å². The average molecular weight is 500 g/mol. The maximum atomic E-state index is 2.32. The molecule has 0 spiro atoms. The van der Waals surface area contributed by atoms with Crippen LogP contribution in [0.15, 0.2) is 164 Å². The van der Waals surface area contributed by atoms with E-state index in [1.165, 1.54) is 33.0 Å². The smallest absolute Gasteiger partial charge is 0.0534 e. The van der Waals surface area contributed by atoms with Gasteiger partial charge in [0.05, 0.1) is 5.69 Å². The van der Waals surface area contributed by atoms with E-state index < -0.39 is 0 Å². The summed E-state index contributed by atoms with van der Waals surface area (Å²) in [5.74, 6) is 0. The summed E-state index contributed by atoms with van der Waals surface area (Å²) in [6.45, 7) is 0. The second kappa shape index (κ2) is 11.5. The molecule has 186 valence electrons. The second-order valence-electron chi connectivity index (χ2n) is 9.44. The molecule has 0 aliphatic carbocycles. The van der Waals surface area contributed by atoms with Gasteiger partial charge in [-0.05, 0) is 45.8 Å². The highest BCUT2D eigenvalue weighted by Crippen LogP contribution is 2.37. The number of anilines is 2. The Morgan fingerprint density at radius 2 is 0.949 bits per heavy atom. The zero-order valence-electron chi connectivity index (χ0n) is 21.7. The lowest BCUT2D eigenvalue weighted by molar-refractivity contribution is 1.29. The first kappa shape index (κ1) is 24.2. The van der Waals surface area contributed by atoms with Crippen LogP contribution in [-0.4, -0.2) is 0 Å². The van der Waals surface area contributed by atoms with Crippen molar-refractivity contribution in [2.24, 2.45) is 0 Å². The molecular weight excluding hydrogens is 470 g/mol. The van der Waals surface area contributed by atoms with E-state index in [1.54, 1.807) is 0 Å². The van der Waals surface area contributed by atoms with Gasteiger partial charge in [0.25, 0.3) is 0 Å². The Hall–Kier alpha value is -5.14. The summed E-state index contributed by atoms with van der Waals surface area (Å²) >= 11 is 0. The van der Waals surface area contributed by atoms with Crippen molar-refractivity contribution in [3.63, 3.8) is 0 Å². The molecule has 0 unspecified atom stereocenters. The minimum Gasteiger partial charge on any atom is -0.316 e. The fraction of sp³-hybridized carbons (Fsp3) is 0. The molecule has 0 fully saturated rings. The monoisotopic (exact) mass is 499 g/mol. The molecule has 0 aromatic heterocycles. The Balaban J connectivity index is 1.54. The molecule has 0 bridgehead atoms. The molecule has 6 aromatic rings. The molecule has 0 N–H and O–H groups in total. The van der Waals surface area contributed by atoms with Crippen LogP contribution in [0.5, 0.6) is 0 Å². The summed E-state index contributed by atoms with van der Waals surface area (Å²) in [4.78, 5) is 2.32. The van der Waals surface area contributed by atoms with Gasteiger partial charge < -0.3 is 4.90 Å². The third-order valence-electron chi connectivity index (χ3n) is 6.91. The molecule has 0 saturated heterocycles. The molecule has 0 heterocycles. The van der Waals surface area contributed by atoms with Gasteiger partial charge in [0, 0.05) is 22.8 Å². The van der Waals surface area contributed by atoms with Crippen LogP contribution < -0.4 is 4.90 Å². The zero-order valence-corrected chi connectivity index (χ0v) is 21.7. The van der Waals surface area contributed by atoms with Gasteiger partial charge in [-0.1, -0.05) is 152 Å². The summed E-state index contributed by atoms with van der Waals surface area (Å²) in [5.41, 5.74) is 8.15. The van der Waals surface area contributed by atoms with Crippen molar-refractivity contribution in [1.29, 1.82) is 0 Å². The Morgan fingerprint density at radius 1 is 0.436 bits per heavy atom. The van der Waals surface area contributed by atoms with Crippen LogP contribution in [0.1, 0.15) is 22.3 Å². The first-order valence-corrected chi connectivity index (χ1v) is 13.3. The molecule has 0 radical (unpaired) electrons. The van der Waals surface area contributed by atoms with Gasteiger partial charge in [0.2, 0.25) is 0 Å². The summed E-state index contributed by atoms with van der Waals surface area (Å²) in [6.07, 6.45) is 6.67.